The topological polar surface area (TPSA) is 20.2 Å². The second-order valence-corrected chi connectivity index (χ2v) is 2.79. The molecule has 1 aromatic carbocycles. The van der Waals surface area contributed by atoms with Crippen LogP contribution in [0.25, 0.3) is 0 Å². The van der Waals surface area contributed by atoms with Crippen LogP contribution in [0.2, 0.25) is 0 Å². The number of hydrogen-bond acceptors (Lipinski definition) is 1. The van der Waals surface area contributed by atoms with Gasteiger partial charge in [-0.2, -0.15) is 0 Å². The number of halogens is 1. The minimum atomic E-state index is 0.299. The van der Waals surface area contributed by atoms with Crippen molar-refractivity contribution in [3.63, 3.8) is 0 Å². The zero-order chi connectivity index (χ0) is 8.85. The number of aryl methyl sites for hydroxylation is 1. The molecule has 1 N–H and O–H groups in total. The fourth-order valence-corrected chi connectivity index (χ4v) is 0.948. The van der Waals surface area contributed by atoms with Crippen molar-refractivity contribution in [2.75, 3.05) is 0 Å². The Morgan fingerprint density at radius 2 is 1.82 bits per heavy atom. The predicted octanol–water partition coefficient (Wildman–Crippen LogP) is 3.49. The Morgan fingerprint density at radius 3 is 2.18 bits per heavy atom. The molecule has 0 bridgehead atoms. The molecule has 0 aliphatic rings. The van der Waals surface area contributed by atoms with Gasteiger partial charge in [0.05, 0.1) is 0 Å². The van der Waals surface area contributed by atoms with Crippen LogP contribution in [0.1, 0.15) is 19.4 Å². The van der Waals surface area contributed by atoms with Gasteiger partial charge in [0.1, 0.15) is 5.75 Å². The molecule has 1 rings (SSSR count). The highest BCUT2D eigenvalue weighted by atomic mass is 79.9. The molecule has 0 aromatic heterocycles. The van der Waals surface area contributed by atoms with Crippen LogP contribution in [0.15, 0.2) is 22.7 Å². The van der Waals surface area contributed by atoms with E-state index in [0.717, 1.165) is 10.0 Å². The first-order chi connectivity index (χ1) is 5.20. The molecule has 62 valence electrons. The average Bonchev–Trinajstić information content (AvgIpc) is 2.02. The van der Waals surface area contributed by atoms with Gasteiger partial charge in [-0.05, 0) is 24.6 Å². The number of benzene rings is 1. The molecule has 0 saturated heterocycles. The maximum atomic E-state index is 8.91. The molecule has 0 aliphatic carbocycles. The van der Waals surface area contributed by atoms with Crippen LogP contribution in [-0.2, 0) is 0 Å². The van der Waals surface area contributed by atoms with Gasteiger partial charge in [-0.3, -0.25) is 0 Å². The highest BCUT2D eigenvalue weighted by Crippen LogP contribution is 2.20. The Kier molecular flexibility index (Phi) is 4.95. The van der Waals surface area contributed by atoms with Gasteiger partial charge in [0.15, 0.2) is 0 Å². The summed E-state index contributed by atoms with van der Waals surface area (Å²) in [6, 6.07) is 5.20. The summed E-state index contributed by atoms with van der Waals surface area (Å²) in [6.07, 6.45) is 0. The van der Waals surface area contributed by atoms with Gasteiger partial charge >= 0.3 is 0 Å². The summed E-state index contributed by atoms with van der Waals surface area (Å²) in [4.78, 5) is 0. The molecule has 0 spiro atoms. The van der Waals surface area contributed by atoms with E-state index in [-0.39, 0.29) is 0 Å². The average molecular weight is 217 g/mol. The van der Waals surface area contributed by atoms with E-state index in [1.54, 1.807) is 12.1 Å². The minimum Gasteiger partial charge on any atom is -0.508 e. The van der Waals surface area contributed by atoms with Gasteiger partial charge in [0, 0.05) is 4.47 Å². The Bertz CT molecular complexity index is 221. The highest BCUT2D eigenvalue weighted by Gasteiger charge is 1.92. The zero-order valence-corrected chi connectivity index (χ0v) is 8.64. The predicted molar refractivity (Wildman–Crippen MR) is 51.9 cm³/mol. The zero-order valence-electron chi connectivity index (χ0n) is 7.06. The molecule has 2 heteroatoms. The lowest BCUT2D eigenvalue weighted by Crippen LogP contribution is -1.72. The fraction of sp³-hybridized carbons (Fsp3) is 0.333. The largest absolute Gasteiger partial charge is 0.508 e. The van der Waals surface area contributed by atoms with Crippen molar-refractivity contribution >= 4 is 15.9 Å². The molecule has 0 atom stereocenters. The standard InChI is InChI=1S/C7H7BrO.C2H6/c1-5-2-3-6(9)4-7(5)8;1-2/h2-4,9H,1H3;1-2H3. The van der Waals surface area contributed by atoms with Crippen molar-refractivity contribution in [1.29, 1.82) is 0 Å². The van der Waals surface area contributed by atoms with Crippen LogP contribution in [0.5, 0.6) is 5.75 Å². The summed E-state index contributed by atoms with van der Waals surface area (Å²) in [7, 11) is 0. The third-order valence-electron chi connectivity index (χ3n) is 1.16. The lowest BCUT2D eigenvalue weighted by Gasteiger charge is -1.95. The number of phenolic OH excluding ortho intramolecular Hbond substituents is 1. The number of rotatable bonds is 0. The lowest BCUT2D eigenvalue weighted by atomic mass is 10.2. The molecule has 0 saturated carbocycles. The highest BCUT2D eigenvalue weighted by molar-refractivity contribution is 9.10. The number of phenols is 1. The third-order valence-corrected chi connectivity index (χ3v) is 2.01. The third kappa shape index (κ3) is 3.42. The Hall–Kier alpha value is -0.500. The van der Waals surface area contributed by atoms with E-state index in [1.807, 2.05) is 26.8 Å². The van der Waals surface area contributed by atoms with Gasteiger partial charge in [-0.25, -0.2) is 0 Å². The molecular formula is C9H13BrO. The van der Waals surface area contributed by atoms with E-state index in [4.69, 9.17) is 5.11 Å². The van der Waals surface area contributed by atoms with Gasteiger partial charge in [-0.15, -0.1) is 0 Å². The van der Waals surface area contributed by atoms with Crippen molar-refractivity contribution in [3.05, 3.63) is 28.2 Å². The fourth-order valence-electron chi connectivity index (χ4n) is 0.582. The monoisotopic (exact) mass is 216 g/mol. The Morgan fingerprint density at radius 1 is 1.27 bits per heavy atom. The summed E-state index contributed by atoms with van der Waals surface area (Å²) < 4.78 is 0.947. The number of hydrogen-bond donors (Lipinski definition) is 1. The van der Waals surface area contributed by atoms with E-state index < -0.39 is 0 Å². The molecular weight excluding hydrogens is 204 g/mol. The molecule has 0 radical (unpaired) electrons. The SMILES string of the molecule is CC.Cc1ccc(O)cc1Br. The van der Waals surface area contributed by atoms with Gasteiger partial charge < -0.3 is 5.11 Å². The van der Waals surface area contributed by atoms with E-state index >= 15 is 0 Å². The molecule has 11 heavy (non-hydrogen) atoms. The van der Waals surface area contributed by atoms with Gasteiger partial charge in [-0.1, -0.05) is 35.8 Å². The Balaban J connectivity index is 0.000000461. The molecule has 0 aliphatic heterocycles. The Labute approximate surface area is 76.2 Å². The van der Waals surface area contributed by atoms with Crippen LogP contribution >= 0.6 is 15.9 Å². The molecule has 0 unspecified atom stereocenters. The summed E-state index contributed by atoms with van der Waals surface area (Å²) in [5, 5.41) is 8.91. The normalized spacial score (nSPS) is 8.36. The van der Waals surface area contributed by atoms with Crippen molar-refractivity contribution in [2.45, 2.75) is 20.8 Å². The summed E-state index contributed by atoms with van der Waals surface area (Å²) in [6.45, 7) is 5.98. The maximum Gasteiger partial charge on any atom is 0.116 e. The summed E-state index contributed by atoms with van der Waals surface area (Å²) in [5.41, 5.74) is 1.13. The van der Waals surface area contributed by atoms with Crippen LogP contribution in [0, 0.1) is 6.92 Å². The van der Waals surface area contributed by atoms with Crippen molar-refractivity contribution in [1.82, 2.24) is 0 Å². The van der Waals surface area contributed by atoms with Gasteiger partial charge in [0.2, 0.25) is 0 Å². The van der Waals surface area contributed by atoms with Crippen molar-refractivity contribution < 1.29 is 5.11 Å². The first-order valence-electron chi connectivity index (χ1n) is 3.65. The molecule has 0 heterocycles. The lowest BCUT2D eigenvalue weighted by molar-refractivity contribution is 0.475. The first-order valence-corrected chi connectivity index (χ1v) is 4.44. The molecule has 1 nitrogen and oxygen atoms in total. The van der Waals surface area contributed by atoms with Crippen LogP contribution in [0.3, 0.4) is 0 Å². The van der Waals surface area contributed by atoms with E-state index in [9.17, 15) is 0 Å². The smallest absolute Gasteiger partial charge is 0.116 e. The maximum absolute atomic E-state index is 8.91. The van der Waals surface area contributed by atoms with Crippen LogP contribution in [-0.4, -0.2) is 5.11 Å². The van der Waals surface area contributed by atoms with Gasteiger partial charge in [0.25, 0.3) is 0 Å². The molecule has 1 aromatic rings. The minimum absolute atomic E-state index is 0.299. The summed E-state index contributed by atoms with van der Waals surface area (Å²) >= 11 is 3.29. The first kappa shape index (κ1) is 10.5. The molecule has 0 fully saturated rings. The van der Waals surface area contributed by atoms with Crippen LogP contribution in [0.4, 0.5) is 0 Å². The number of aromatic hydroxyl groups is 1. The van der Waals surface area contributed by atoms with Crippen molar-refractivity contribution in [3.8, 4) is 5.75 Å². The van der Waals surface area contributed by atoms with E-state index in [2.05, 4.69) is 15.9 Å². The second kappa shape index (κ2) is 5.19. The summed E-state index contributed by atoms with van der Waals surface area (Å²) in [5.74, 6) is 0.299. The van der Waals surface area contributed by atoms with Crippen LogP contribution < -0.4 is 0 Å². The van der Waals surface area contributed by atoms with E-state index in [0.29, 0.717) is 5.75 Å². The second-order valence-electron chi connectivity index (χ2n) is 1.93. The van der Waals surface area contributed by atoms with E-state index in [1.165, 1.54) is 0 Å². The molecule has 0 amide bonds. The van der Waals surface area contributed by atoms with Crippen molar-refractivity contribution in [2.24, 2.45) is 0 Å². The quantitative estimate of drug-likeness (QED) is 0.705.